The summed E-state index contributed by atoms with van der Waals surface area (Å²) in [5, 5.41) is 12.8. The van der Waals surface area contributed by atoms with Gasteiger partial charge < -0.3 is 0 Å². The van der Waals surface area contributed by atoms with Crippen LogP contribution in [-0.4, -0.2) is 4.98 Å². The normalized spacial score (nSPS) is 28.3. The van der Waals surface area contributed by atoms with Crippen LogP contribution in [0.15, 0.2) is 5.38 Å². The van der Waals surface area contributed by atoms with Gasteiger partial charge in [-0.3, -0.25) is 0 Å². The number of aromatic nitrogens is 1. The van der Waals surface area contributed by atoms with Crippen LogP contribution in [0.1, 0.15) is 57.7 Å². The molecule has 1 aromatic heterocycles. The molecule has 2 unspecified atom stereocenters. The SMILES string of the molecule is CC1CCC(C#N)(Cc2nc(C(C)(C)C)cs2)C1. The van der Waals surface area contributed by atoms with Gasteiger partial charge in [-0.15, -0.1) is 11.3 Å². The van der Waals surface area contributed by atoms with E-state index < -0.39 is 0 Å². The molecular weight excluding hydrogens is 240 g/mol. The monoisotopic (exact) mass is 262 g/mol. The molecule has 2 atom stereocenters. The molecule has 1 heterocycles. The Kier molecular flexibility index (Phi) is 3.51. The zero-order valence-corrected chi connectivity index (χ0v) is 12.6. The molecule has 98 valence electrons. The number of thiazole rings is 1. The largest absolute Gasteiger partial charge is 0.246 e. The first-order valence-electron chi connectivity index (χ1n) is 6.71. The Balaban J connectivity index is 2.14. The van der Waals surface area contributed by atoms with Crippen LogP contribution < -0.4 is 0 Å². The highest BCUT2D eigenvalue weighted by Crippen LogP contribution is 2.44. The number of hydrogen-bond donors (Lipinski definition) is 0. The van der Waals surface area contributed by atoms with Crippen LogP contribution in [0, 0.1) is 22.7 Å². The molecule has 2 rings (SSSR count). The van der Waals surface area contributed by atoms with Gasteiger partial charge in [-0.2, -0.15) is 5.26 Å². The van der Waals surface area contributed by atoms with Gasteiger partial charge in [0.2, 0.25) is 0 Å². The van der Waals surface area contributed by atoms with E-state index in [0.29, 0.717) is 5.92 Å². The van der Waals surface area contributed by atoms with Gasteiger partial charge in [0.15, 0.2) is 0 Å². The molecule has 0 radical (unpaired) electrons. The highest BCUT2D eigenvalue weighted by molar-refractivity contribution is 7.09. The maximum absolute atomic E-state index is 9.49. The van der Waals surface area contributed by atoms with Crippen molar-refractivity contribution in [1.29, 1.82) is 5.26 Å². The predicted molar refractivity (Wildman–Crippen MR) is 75.6 cm³/mol. The van der Waals surface area contributed by atoms with E-state index in [1.165, 1.54) is 6.42 Å². The quantitative estimate of drug-likeness (QED) is 0.796. The molecule has 0 aromatic carbocycles. The maximum Gasteiger partial charge on any atom is 0.0944 e. The van der Waals surface area contributed by atoms with E-state index >= 15 is 0 Å². The topological polar surface area (TPSA) is 36.7 Å². The summed E-state index contributed by atoms with van der Waals surface area (Å²) in [5.74, 6) is 0.687. The van der Waals surface area contributed by atoms with Crippen molar-refractivity contribution in [2.24, 2.45) is 11.3 Å². The molecule has 1 aromatic rings. The van der Waals surface area contributed by atoms with Gasteiger partial charge in [0.1, 0.15) is 0 Å². The molecule has 1 aliphatic rings. The minimum Gasteiger partial charge on any atom is -0.246 e. The second kappa shape index (κ2) is 4.66. The van der Waals surface area contributed by atoms with Gasteiger partial charge in [0, 0.05) is 17.2 Å². The summed E-state index contributed by atoms with van der Waals surface area (Å²) in [6.45, 7) is 8.80. The van der Waals surface area contributed by atoms with Crippen molar-refractivity contribution >= 4 is 11.3 Å². The van der Waals surface area contributed by atoms with E-state index in [4.69, 9.17) is 4.98 Å². The summed E-state index contributed by atoms with van der Waals surface area (Å²) in [6, 6.07) is 2.57. The molecular formula is C15H22N2S. The summed E-state index contributed by atoms with van der Waals surface area (Å²) in [6.07, 6.45) is 4.10. The van der Waals surface area contributed by atoms with Crippen LogP contribution in [0.4, 0.5) is 0 Å². The predicted octanol–water partition coefficient (Wildman–Crippen LogP) is 4.31. The summed E-state index contributed by atoms with van der Waals surface area (Å²) in [7, 11) is 0. The second-order valence-electron chi connectivity index (χ2n) is 6.79. The van der Waals surface area contributed by atoms with E-state index in [1.54, 1.807) is 11.3 Å². The van der Waals surface area contributed by atoms with Gasteiger partial charge in [-0.05, 0) is 25.2 Å². The molecule has 1 aliphatic carbocycles. The summed E-state index contributed by atoms with van der Waals surface area (Å²) >= 11 is 1.72. The molecule has 0 spiro atoms. The van der Waals surface area contributed by atoms with Crippen LogP contribution in [0.2, 0.25) is 0 Å². The highest BCUT2D eigenvalue weighted by atomic mass is 32.1. The van der Waals surface area contributed by atoms with Crippen molar-refractivity contribution in [3.8, 4) is 6.07 Å². The molecule has 0 aliphatic heterocycles. The van der Waals surface area contributed by atoms with Crippen LogP contribution in [0.3, 0.4) is 0 Å². The third-order valence-corrected chi connectivity index (χ3v) is 4.75. The van der Waals surface area contributed by atoms with Crippen molar-refractivity contribution in [1.82, 2.24) is 4.98 Å². The number of nitriles is 1. The van der Waals surface area contributed by atoms with Gasteiger partial charge in [0.05, 0.1) is 22.2 Å². The van der Waals surface area contributed by atoms with E-state index in [1.807, 2.05) is 0 Å². The van der Waals surface area contributed by atoms with E-state index in [0.717, 1.165) is 30.0 Å². The fourth-order valence-corrected chi connectivity index (χ4v) is 3.89. The lowest BCUT2D eigenvalue weighted by atomic mass is 9.84. The fourth-order valence-electron chi connectivity index (χ4n) is 2.72. The van der Waals surface area contributed by atoms with E-state index in [9.17, 15) is 5.26 Å². The number of hydrogen-bond acceptors (Lipinski definition) is 3. The van der Waals surface area contributed by atoms with Crippen molar-refractivity contribution in [3.05, 3.63) is 16.1 Å². The van der Waals surface area contributed by atoms with Crippen molar-refractivity contribution in [2.75, 3.05) is 0 Å². The van der Waals surface area contributed by atoms with E-state index in [-0.39, 0.29) is 10.8 Å². The summed E-state index contributed by atoms with van der Waals surface area (Å²) in [4.78, 5) is 4.73. The molecule has 0 N–H and O–H groups in total. The standard InChI is InChI=1S/C15H22N2S/c1-11-5-6-15(7-11,10-16)8-13-17-12(9-18-13)14(2,3)4/h9,11H,5-8H2,1-4H3. The Bertz CT molecular complexity index is 464. The average molecular weight is 262 g/mol. The molecule has 3 heteroatoms. The maximum atomic E-state index is 9.49. The second-order valence-corrected chi connectivity index (χ2v) is 7.74. The Labute approximate surface area is 114 Å². The average Bonchev–Trinajstić information content (AvgIpc) is 2.86. The molecule has 0 saturated heterocycles. The van der Waals surface area contributed by atoms with Crippen LogP contribution in [-0.2, 0) is 11.8 Å². The van der Waals surface area contributed by atoms with Crippen molar-refractivity contribution in [2.45, 2.75) is 58.8 Å². The molecule has 1 fully saturated rings. The van der Waals surface area contributed by atoms with Gasteiger partial charge in [-0.25, -0.2) is 4.98 Å². The Morgan fingerprint density at radius 1 is 1.56 bits per heavy atom. The van der Waals surface area contributed by atoms with Gasteiger partial charge >= 0.3 is 0 Å². The Morgan fingerprint density at radius 3 is 2.72 bits per heavy atom. The zero-order valence-electron chi connectivity index (χ0n) is 11.8. The third kappa shape index (κ3) is 2.75. The van der Waals surface area contributed by atoms with E-state index in [2.05, 4.69) is 39.1 Å². The first-order valence-corrected chi connectivity index (χ1v) is 7.59. The third-order valence-electron chi connectivity index (χ3n) is 3.90. The first kappa shape index (κ1) is 13.5. The Hall–Kier alpha value is -0.880. The van der Waals surface area contributed by atoms with Crippen LogP contribution in [0.5, 0.6) is 0 Å². The first-order chi connectivity index (χ1) is 8.35. The number of nitrogens with zero attached hydrogens (tertiary/aromatic N) is 2. The minimum absolute atomic E-state index is 0.109. The van der Waals surface area contributed by atoms with Gasteiger partial charge in [-0.1, -0.05) is 27.7 Å². The summed E-state index contributed by atoms with van der Waals surface area (Å²) < 4.78 is 0. The molecule has 1 saturated carbocycles. The molecule has 2 nitrogen and oxygen atoms in total. The molecule has 0 bridgehead atoms. The lowest BCUT2D eigenvalue weighted by Crippen LogP contribution is -2.18. The highest BCUT2D eigenvalue weighted by Gasteiger charge is 2.38. The molecule has 0 amide bonds. The molecule has 18 heavy (non-hydrogen) atoms. The van der Waals surface area contributed by atoms with Crippen molar-refractivity contribution < 1.29 is 0 Å². The lowest BCUT2D eigenvalue weighted by molar-refractivity contribution is 0.389. The number of rotatable bonds is 2. The fraction of sp³-hybridized carbons (Fsp3) is 0.733. The Morgan fingerprint density at radius 2 is 2.28 bits per heavy atom. The lowest BCUT2D eigenvalue weighted by Gasteiger charge is -2.19. The van der Waals surface area contributed by atoms with Crippen LogP contribution in [0.25, 0.3) is 0 Å². The van der Waals surface area contributed by atoms with Crippen LogP contribution >= 0.6 is 11.3 Å². The smallest absolute Gasteiger partial charge is 0.0944 e. The van der Waals surface area contributed by atoms with Gasteiger partial charge in [0.25, 0.3) is 0 Å². The minimum atomic E-state index is -0.146. The summed E-state index contributed by atoms with van der Waals surface area (Å²) in [5.41, 5.74) is 1.12. The zero-order chi connectivity index (χ0) is 13.4. The van der Waals surface area contributed by atoms with Crippen molar-refractivity contribution in [3.63, 3.8) is 0 Å².